The van der Waals surface area contributed by atoms with Crippen LogP contribution in [0.2, 0.25) is 0 Å². The number of esters is 13. The predicted octanol–water partition coefficient (Wildman–Crippen LogP) is 0.513. The third-order valence-corrected chi connectivity index (χ3v) is 12.0. The number of aromatic nitrogens is 2. The second-order valence-electron chi connectivity index (χ2n) is 20.3. The molecule has 0 unspecified atom stereocenters. The lowest BCUT2D eigenvalue weighted by molar-refractivity contribution is -0.188. The van der Waals surface area contributed by atoms with Crippen LogP contribution in [0.25, 0.3) is 0 Å². The van der Waals surface area contributed by atoms with Gasteiger partial charge in [-0.05, 0) is 104 Å². The van der Waals surface area contributed by atoms with Gasteiger partial charge in [-0.25, -0.2) is 52.7 Å². The normalized spacial score (nSPS) is 16.7. The molecule has 1 aromatic heterocycles. The minimum atomic E-state index is -1.73. The van der Waals surface area contributed by atoms with Crippen LogP contribution in [0.3, 0.4) is 0 Å². The lowest BCUT2D eigenvalue weighted by atomic mass is 10.0. The Bertz CT molecular complexity index is 2630. The molecule has 0 saturated carbocycles. The number of nitrogens with zero attached hydrogens (tertiary/aromatic N) is 4. The average Bonchev–Trinajstić information content (AvgIpc) is 4.09. The van der Waals surface area contributed by atoms with Gasteiger partial charge in [0.1, 0.15) is 6.61 Å². The fraction of sp³-hybridized carbons (Fsp3) is 0.698. The Morgan fingerprint density at radius 1 is 0.425 bits per heavy atom. The van der Waals surface area contributed by atoms with E-state index in [4.69, 9.17) is 61.6 Å². The lowest BCUT2D eigenvalue weighted by Gasteiger charge is -2.39. The predicted molar refractivity (Wildman–Crippen MR) is 288 cm³/mol. The molecule has 2 rings (SSSR count). The van der Waals surface area contributed by atoms with Crippen molar-refractivity contribution in [3.05, 3.63) is 0 Å². The summed E-state index contributed by atoms with van der Waals surface area (Å²) in [5, 5.41) is 0. The van der Waals surface area contributed by atoms with E-state index in [-0.39, 0.29) is 5.88 Å². The van der Waals surface area contributed by atoms with Crippen LogP contribution < -0.4 is 9.64 Å². The van der Waals surface area contributed by atoms with Gasteiger partial charge in [0.15, 0.2) is 79.4 Å². The van der Waals surface area contributed by atoms with Gasteiger partial charge in [0.05, 0.1) is 31.5 Å². The summed E-state index contributed by atoms with van der Waals surface area (Å²) in [5.74, 6) is -15.3. The summed E-state index contributed by atoms with van der Waals surface area (Å²) in [6, 6.07) is 0. The van der Waals surface area contributed by atoms with Crippen molar-refractivity contribution < 1.29 is 138 Å². The quantitative estimate of drug-likeness (QED) is 0.0722. The van der Waals surface area contributed by atoms with E-state index in [2.05, 4.69) is 18.2 Å². The van der Waals surface area contributed by atoms with Gasteiger partial charge in [-0.15, -0.1) is 4.37 Å². The molecule has 0 radical (unpaired) electrons. The van der Waals surface area contributed by atoms with E-state index in [0.29, 0.717) is 32.1 Å². The van der Waals surface area contributed by atoms with E-state index in [9.17, 15) is 67.1 Å². The van der Waals surface area contributed by atoms with E-state index in [1.807, 2.05) is 4.90 Å². The maximum Gasteiger partial charge on any atom is 0.347 e. The molecule has 1 saturated heterocycles. The highest BCUT2D eigenvalue weighted by molar-refractivity contribution is 6.99. The minimum Gasteiger partial charge on any atom is -0.470 e. The number of morpholine rings is 1. The van der Waals surface area contributed by atoms with Crippen LogP contribution in [0.4, 0.5) is 5.82 Å². The van der Waals surface area contributed by atoms with Crippen molar-refractivity contribution in [3.8, 4) is 5.88 Å². The first-order valence-electron chi connectivity index (χ1n) is 27.0. The van der Waals surface area contributed by atoms with E-state index >= 15 is 0 Å². The number of carbonyl (C=O) groups is 14. The van der Waals surface area contributed by atoms with Crippen LogP contribution in [0.5, 0.6) is 5.88 Å². The highest BCUT2D eigenvalue weighted by atomic mass is 32.1. The number of amides is 1. The SMILES string of the molecule is CC(=O)O[C@H](C)C(=O)O[C@H](C)C(=O)O[C@H](C)C(=O)O[C@H](C)C(=O)O[C@H](C)C(=O)O[C@H](C)C(=O)O[C@H](COc1nsnc1N1CCOCC1)CN(C(=O)[C@@H](C)OC(=O)[C@@H](C)OC(=O)[C@@H](C)OC(=O)[C@@H](C)OC(=O)[C@@H](C)OC(=O)[C@@H](C)OC(C)=O)C(C)(C)C. The first kappa shape index (κ1) is 74.8. The molecule has 0 bridgehead atoms. The van der Waals surface area contributed by atoms with Crippen molar-refractivity contribution in [2.75, 3.05) is 44.4 Å². The fourth-order valence-corrected chi connectivity index (χ4v) is 7.21. The first-order valence-corrected chi connectivity index (χ1v) is 27.8. The smallest absolute Gasteiger partial charge is 0.347 e. The van der Waals surface area contributed by atoms with E-state index in [1.54, 1.807) is 20.8 Å². The summed E-state index contributed by atoms with van der Waals surface area (Å²) in [5.41, 5.74) is -1.13. The number of carbonyl (C=O) groups excluding carboxylic acids is 14. The fourth-order valence-electron chi connectivity index (χ4n) is 6.69. The van der Waals surface area contributed by atoms with Gasteiger partial charge >= 0.3 is 77.6 Å². The molecule has 488 valence electrons. The Labute approximate surface area is 504 Å². The molecule has 0 spiro atoms. The van der Waals surface area contributed by atoms with Crippen molar-refractivity contribution in [2.45, 2.75) is 203 Å². The Hall–Kier alpha value is -8.30. The summed E-state index contributed by atoms with van der Waals surface area (Å²) in [4.78, 5) is 180. The zero-order chi connectivity index (χ0) is 66.4. The molecular formula is C53H76N4O29S. The Kier molecular flexibility index (Phi) is 29.9. The molecule has 0 N–H and O–H groups in total. The van der Waals surface area contributed by atoms with E-state index < -0.39 is 182 Å². The van der Waals surface area contributed by atoms with Gasteiger partial charge in [0, 0.05) is 32.5 Å². The molecule has 2 heterocycles. The van der Waals surface area contributed by atoms with Crippen LogP contribution in [-0.4, -0.2) is 222 Å². The monoisotopic (exact) mass is 1260 g/mol. The summed E-state index contributed by atoms with van der Waals surface area (Å²) >= 11 is 0.825. The van der Waals surface area contributed by atoms with Gasteiger partial charge in [-0.2, -0.15) is 4.37 Å². The van der Waals surface area contributed by atoms with E-state index in [0.717, 1.165) is 87.9 Å². The number of hydrogen-bond donors (Lipinski definition) is 0. The van der Waals surface area contributed by atoms with Gasteiger partial charge in [0.25, 0.3) is 11.8 Å². The molecule has 1 aliphatic rings. The highest BCUT2D eigenvalue weighted by Gasteiger charge is 2.39. The van der Waals surface area contributed by atoms with Crippen molar-refractivity contribution >= 4 is 101 Å². The molecule has 1 aromatic rings. The Morgan fingerprint density at radius 2 is 0.690 bits per heavy atom. The van der Waals surface area contributed by atoms with Crippen molar-refractivity contribution in [1.82, 2.24) is 13.6 Å². The highest BCUT2D eigenvalue weighted by Crippen LogP contribution is 2.27. The maximum absolute atomic E-state index is 14.2. The molecule has 13 atom stereocenters. The standard InChI is InChI=1S/C53H76N4O29S/c1-24(76-44(63)27(4)79-47(66)30(7)82-48(67)31(8)80-45(64)28(5)77-42(61)25(2)74-36(13)58)41(60)57(53(15,16)17)22-38(23-73-40-39(54-87-55-40)56-18-20-72-21-19-56)86-52(71)35(12)85-51(70)34(11)84-50(69)33(10)83-49(68)32(9)81-46(65)29(6)78-43(62)26(3)75-37(14)59/h24-35,38H,18-23H2,1-17H3/t24-,25-,26-,27-,28-,29-,30-,31-,32-,33-,34-,35-,38+/m1/s1. The summed E-state index contributed by atoms with van der Waals surface area (Å²) in [6.45, 7) is 21.1. The first-order chi connectivity index (χ1) is 40.3. The third kappa shape index (κ3) is 25.3. The average molecular weight is 1270 g/mol. The molecule has 1 fully saturated rings. The maximum atomic E-state index is 14.2. The second kappa shape index (κ2) is 34.7. The number of anilines is 1. The van der Waals surface area contributed by atoms with Crippen LogP contribution >= 0.6 is 11.7 Å². The van der Waals surface area contributed by atoms with Crippen LogP contribution in [0.1, 0.15) is 118 Å². The molecule has 1 amide bonds. The van der Waals surface area contributed by atoms with Crippen molar-refractivity contribution in [1.29, 1.82) is 0 Å². The van der Waals surface area contributed by atoms with Gasteiger partial charge in [0.2, 0.25) is 5.82 Å². The van der Waals surface area contributed by atoms with Crippen LogP contribution in [-0.2, 0) is 133 Å². The lowest BCUT2D eigenvalue weighted by Crippen LogP contribution is -2.54. The molecule has 0 aliphatic carbocycles. The molecule has 34 heteroatoms. The molecule has 33 nitrogen and oxygen atoms in total. The minimum absolute atomic E-state index is 0.0372. The van der Waals surface area contributed by atoms with Gasteiger partial charge in [-0.1, -0.05) is 0 Å². The second-order valence-corrected chi connectivity index (χ2v) is 20.8. The molecule has 1 aliphatic heterocycles. The molecule has 87 heavy (non-hydrogen) atoms. The number of hydrogen-bond acceptors (Lipinski definition) is 33. The largest absolute Gasteiger partial charge is 0.470 e. The zero-order valence-electron chi connectivity index (χ0n) is 51.3. The third-order valence-electron chi connectivity index (χ3n) is 11.5. The van der Waals surface area contributed by atoms with Crippen LogP contribution in [0, 0.1) is 0 Å². The molecule has 0 aromatic carbocycles. The van der Waals surface area contributed by atoms with E-state index in [1.165, 1.54) is 25.7 Å². The topological polar surface area (TPSA) is 410 Å². The molecular weight excluding hydrogens is 1190 g/mol. The van der Waals surface area contributed by atoms with Gasteiger partial charge in [-0.3, -0.25) is 14.4 Å². The van der Waals surface area contributed by atoms with Crippen molar-refractivity contribution in [2.24, 2.45) is 0 Å². The summed E-state index contributed by atoms with van der Waals surface area (Å²) in [6.07, 6.45) is -20.7. The Morgan fingerprint density at radius 3 is 0.966 bits per heavy atom. The van der Waals surface area contributed by atoms with Crippen molar-refractivity contribution in [3.63, 3.8) is 0 Å². The van der Waals surface area contributed by atoms with Crippen LogP contribution in [0.15, 0.2) is 0 Å². The Balaban J connectivity index is 2.15. The number of rotatable bonds is 31. The zero-order valence-corrected chi connectivity index (χ0v) is 52.1. The van der Waals surface area contributed by atoms with Gasteiger partial charge < -0.3 is 80.9 Å². The summed E-state index contributed by atoms with van der Waals surface area (Å²) in [7, 11) is 0. The number of ether oxygens (including phenoxy) is 15. The summed E-state index contributed by atoms with van der Waals surface area (Å²) < 4.78 is 85.8.